The maximum atomic E-state index is 10.9. The number of rotatable bonds is 3. The fraction of sp³-hybridized carbons (Fsp3) is 0.500. The van der Waals surface area contributed by atoms with Crippen LogP contribution in [0.5, 0.6) is 0 Å². The molecule has 1 aliphatic heterocycles. The Kier molecular flexibility index (Phi) is 4.31. The second kappa shape index (κ2) is 5.77. The predicted octanol–water partition coefficient (Wildman–Crippen LogP) is 2.58. The second-order valence-corrected chi connectivity index (χ2v) is 5.19. The summed E-state index contributed by atoms with van der Waals surface area (Å²) in [6.07, 6.45) is 0. The lowest BCUT2D eigenvalue weighted by Gasteiger charge is -2.33. The first-order valence-corrected chi connectivity index (χ1v) is 6.62. The third-order valence-corrected chi connectivity index (χ3v) is 4.05. The molecule has 0 spiro atoms. The number of benzene rings is 1. The summed E-state index contributed by atoms with van der Waals surface area (Å²) in [6.45, 7) is 5.09. The number of halogens is 1. The normalized spacial score (nSPS) is 20.9. The third kappa shape index (κ3) is 2.88. The topological polar surface area (TPSA) is 55.6 Å². The average molecular weight is 315 g/mol. The molecule has 6 heteroatoms. The summed E-state index contributed by atoms with van der Waals surface area (Å²) in [5.41, 5.74) is 1.06. The fourth-order valence-corrected chi connectivity index (χ4v) is 2.58. The zero-order valence-electron chi connectivity index (χ0n) is 10.1. The summed E-state index contributed by atoms with van der Waals surface area (Å²) in [5, 5.41) is 10.9. The minimum atomic E-state index is -0.365. The Labute approximate surface area is 114 Å². The Morgan fingerprint density at radius 3 is 3.06 bits per heavy atom. The molecule has 1 aromatic carbocycles. The molecule has 0 N–H and O–H groups in total. The summed E-state index contributed by atoms with van der Waals surface area (Å²) in [5.74, 6) is 0. The van der Waals surface area contributed by atoms with E-state index in [1.807, 2.05) is 6.07 Å². The fourth-order valence-electron chi connectivity index (χ4n) is 2.04. The van der Waals surface area contributed by atoms with E-state index in [1.54, 1.807) is 6.07 Å². The van der Waals surface area contributed by atoms with Gasteiger partial charge in [-0.1, -0.05) is 12.1 Å². The average Bonchev–Trinajstić information content (AvgIpc) is 2.34. The van der Waals surface area contributed by atoms with Crippen molar-refractivity contribution in [1.82, 2.24) is 4.90 Å². The molecule has 0 amide bonds. The van der Waals surface area contributed by atoms with E-state index in [2.05, 4.69) is 27.8 Å². The van der Waals surface area contributed by atoms with E-state index in [4.69, 9.17) is 4.74 Å². The van der Waals surface area contributed by atoms with Crippen LogP contribution in [0.3, 0.4) is 0 Å². The largest absolute Gasteiger partial charge is 0.379 e. The van der Waals surface area contributed by atoms with E-state index >= 15 is 0 Å². The number of morpholine rings is 1. The van der Waals surface area contributed by atoms with Crippen LogP contribution < -0.4 is 0 Å². The van der Waals surface area contributed by atoms with Gasteiger partial charge in [-0.25, -0.2) is 0 Å². The van der Waals surface area contributed by atoms with Crippen molar-refractivity contribution in [3.63, 3.8) is 0 Å². The van der Waals surface area contributed by atoms with Crippen LogP contribution in [-0.2, 0) is 11.3 Å². The van der Waals surface area contributed by atoms with Crippen molar-refractivity contribution in [2.24, 2.45) is 0 Å². The number of nitrogens with zero attached hydrogens (tertiary/aromatic N) is 2. The first-order valence-electron chi connectivity index (χ1n) is 5.83. The van der Waals surface area contributed by atoms with Crippen molar-refractivity contribution in [2.75, 3.05) is 19.8 Å². The summed E-state index contributed by atoms with van der Waals surface area (Å²) in [7, 11) is 0. The first kappa shape index (κ1) is 13.5. The van der Waals surface area contributed by atoms with Crippen molar-refractivity contribution >= 4 is 21.6 Å². The monoisotopic (exact) mass is 314 g/mol. The molecule has 0 aliphatic carbocycles. The molecule has 5 nitrogen and oxygen atoms in total. The highest BCUT2D eigenvalue weighted by Crippen LogP contribution is 2.29. The second-order valence-electron chi connectivity index (χ2n) is 4.40. The van der Waals surface area contributed by atoms with Crippen LogP contribution in [0.1, 0.15) is 12.5 Å². The lowest BCUT2D eigenvalue weighted by molar-refractivity contribution is -0.385. The zero-order chi connectivity index (χ0) is 13.1. The number of nitro groups is 1. The molecule has 0 bridgehead atoms. The van der Waals surface area contributed by atoms with Gasteiger partial charge < -0.3 is 4.74 Å². The number of ether oxygens (including phenoxy) is 1. The Hall–Kier alpha value is -0.980. The zero-order valence-corrected chi connectivity index (χ0v) is 11.7. The Morgan fingerprint density at radius 2 is 2.39 bits per heavy atom. The van der Waals surface area contributed by atoms with Crippen LogP contribution in [0.15, 0.2) is 22.7 Å². The Morgan fingerprint density at radius 1 is 1.61 bits per heavy atom. The SMILES string of the molecule is CC1COCCN1Cc1cccc([N+](=O)[O-])c1Br. The van der Waals surface area contributed by atoms with Gasteiger partial charge in [-0.05, 0) is 28.4 Å². The number of hydrogen-bond donors (Lipinski definition) is 0. The summed E-state index contributed by atoms with van der Waals surface area (Å²) in [4.78, 5) is 12.8. The van der Waals surface area contributed by atoms with Crippen molar-refractivity contribution in [3.05, 3.63) is 38.3 Å². The van der Waals surface area contributed by atoms with E-state index in [-0.39, 0.29) is 10.6 Å². The van der Waals surface area contributed by atoms with Gasteiger partial charge in [0.2, 0.25) is 0 Å². The van der Waals surface area contributed by atoms with E-state index in [9.17, 15) is 10.1 Å². The number of hydrogen-bond acceptors (Lipinski definition) is 4. The Bertz CT molecular complexity index is 453. The molecule has 1 unspecified atom stereocenters. The van der Waals surface area contributed by atoms with Gasteiger partial charge in [-0.15, -0.1) is 0 Å². The van der Waals surface area contributed by atoms with Gasteiger partial charge in [0.05, 0.1) is 22.6 Å². The molecule has 1 saturated heterocycles. The van der Waals surface area contributed by atoms with Gasteiger partial charge in [-0.2, -0.15) is 0 Å². The van der Waals surface area contributed by atoms with E-state index in [0.29, 0.717) is 23.7 Å². The molecule has 0 saturated carbocycles. The van der Waals surface area contributed by atoms with Gasteiger partial charge in [0.1, 0.15) is 0 Å². The van der Waals surface area contributed by atoms with Gasteiger partial charge >= 0.3 is 0 Å². The molecule has 1 heterocycles. The third-order valence-electron chi connectivity index (χ3n) is 3.13. The molecular formula is C12H15BrN2O3. The van der Waals surface area contributed by atoms with Gasteiger partial charge in [0.15, 0.2) is 0 Å². The molecule has 1 aromatic rings. The van der Waals surface area contributed by atoms with Crippen molar-refractivity contribution < 1.29 is 9.66 Å². The van der Waals surface area contributed by atoms with Crippen LogP contribution in [0.4, 0.5) is 5.69 Å². The lowest BCUT2D eigenvalue weighted by Crippen LogP contribution is -2.42. The first-order chi connectivity index (χ1) is 8.59. The van der Waals surface area contributed by atoms with Crippen molar-refractivity contribution in [2.45, 2.75) is 19.5 Å². The van der Waals surface area contributed by atoms with Crippen LogP contribution in [0.2, 0.25) is 0 Å². The van der Waals surface area contributed by atoms with Gasteiger partial charge in [-0.3, -0.25) is 15.0 Å². The quantitative estimate of drug-likeness (QED) is 0.635. The van der Waals surface area contributed by atoms with Crippen LogP contribution in [0, 0.1) is 10.1 Å². The summed E-state index contributed by atoms with van der Waals surface area (Å²) < 4.78 is 5.96. The molecule has 0 aromatic heterocycles. The van der Waals surface area contributed by atoms with E-state index in [0.717, 1.165) is 18.7 Å². The molecule has 1 fully saturated rings. The highest BCUT2D eigenvalue weighted by molar-refractivity contribution is 9.10. The predicted molar refractivity (Wildman–Crippen MR) is 71.5 cm³/mol. The highest BCUT2D eigenvalue weighted by atomic mass is 79.9. The Balaban J connectivity index is 2.18. The standard InChI is InChI=1S/C12H15BrN2O3/c1-9-8-18-6-5-14(9)7-10-3-2-4-11(12(10)13)15(16)17/h2-4,9H,5-8H2,1H3. The molecule has 2 rings (SSSR count). The van der Waals surface area contributed by atoms with Gasteiger partial charge in [0.25, 0.3) is 5.69 Å². The highest BCUT2D eigenvalue weighted by Gasteiger charge is 2.22. The smallest absolute Gasteiger partial charge is 0.283 e. The summed E-state index contributed by atoms with van der Waals surface area (Å²) in [6, 6.07) is 5.49. The maximum Gasteiger partial charge on any atom is 0.283 e. The molecule has 18 heavy (non-hydrogen) atoms. The summed E-state index contributed by atoms with van der Waals surface area (Å²) >= 11 is 3.33. The van der Waals surface area contributed by atoms with Crippen molar-refractivity contribution in [3.8, 4) is 0 Å². The van der Waals surface area contributed by atoms with Crippen LogP contribution in [0.25, 0.3) is 0 Å². The minimum absolute atomic E-state index is 0.119. The van der Waals surface area contributed by atoms with Crippen molar-refractivity contribution in [1.29, 1.82) is 0 Å². The van der Waals surface area contributed by atoms with E-state index in [1.165, 1.54) is 6.07 Å². The molecule has 98 valence electrons. The van der Waals surface area contributed by atoms with E-state index < -0.39 is 0 Å². The number of nitro benzene ring substituents is 1. The van der Waals surface area contributed by atoms with Crippen LogP contribution in [-0.4, -0.2) is 35.6 Å². The lowest BCUT2D eigenvalue weighted by atomic mass is 10.1. The molecular weight excluding hydrogens is 300 g/mol. The minimum Gasteiger partial charge on any atom is -0.379 e. The molecule has 0 radical (unpaired) electrons. The van der Waals surface area contributed by atoms with Gasteiger partial charge in [0, 0.05) is 25.2 Å². The van der Waals surface area contributed by atoms with Crippen LogP contribution >= 0.6 is 15.9 Å². The molecule has 1 atom stereocenters. The molecule has 1 aliphatic rings. The maximum absolute atomic E-state index is 10.9.